The van der Waals surface area contributed by atoms with Crippen LogP contribution in [0.3, 0.4) is 0 Å². The van der Waals surface area contributed by atoms with E-state index in [4.69, 9.17) is 16.0 Å². The van der Waals surface area contributed by atoms with Crippen LogP contribution in [0, 0.1) is 13.8 Å². The summed E-state index contributed by atoms with van der Waals surface area (Å²) in [7, 11) is -3.84. The van der Waals surface area contributed by atoms with Crippen molar-refractivity contribution in [2.45, 2.75) is 37.6 Å². The van der Waals surface area contributed by atoms with E-state index in [1.807, 2.05) is 32.0 Å². The zero-order valence-corrected chi connectivity index (χ0v) is 18.6. The smallest absolute Gasteiger partial charge is 0.322 e. The van der Waals surface area contributed by atoms with E-state index in [0.29, 0.717) is 17.9 Å². The lowest BCUT2D eigenvalue weighted by atomic mass is 10.1. The van der Waals surface area contributed by atoms with Gasteiger partial charge in [0.15, 0.2) is 0 Å². The number of amides is 1. The Morgan fingerprint density at radius 1 is 1.16 bits per heavy atom. The Bertz CT molecular complexity index is 1220. The van der Waals surface area contributed by atoms with Crippen molar-refractivity contribution in [3.63, 3.8) is 0 Å². The largest absolute Gasteiger partial charge is 0.403 e. The normalized spacial score (nSPS) is 17.1. The molecule has 1 atom stereocenters. The molecule has 0 spiro atoms. The quantitative estimate of drug-likeness (QED) is 0.620. The number of hydrogen-bond donors (Lipinski definition) is 1. The van der Waals surface area contributed by atoms with Gasteiger partial charge in [0, 0.05) is 17.1 Å². The number of hydrogen-bond acceptors (Lipinski definition) is 6. The lowest BCUT2D eigenvalue weighted by Gasteiger charge is -2.22. The summed E-state index contributed by atoms with van der Waals surface area (Å²) >= 11 is 5.86. The molecule has 31 heavy (non-hydrogen) atoms. The number of aromatic nitrogens is 2. The number of nitrogens with one attached hydrogen (secondary N) is 1. The van der Waals surface area contributed by atoms with Crippen molar-refractivity contribution in [3.8, 4) is 11.5 Å². The summed E-state index contributed by atoms with van der Waals surface area (Å²) in [5.74, 6) is -0.222. The molecule has 1 amide bonds. The minimum Gasteiger partial charge on any atom is -0.403 e. The number of anilines is 1. The van der Waals surface area contributed by atoms with Gasteiger partial charge in [-0.25, -0.2) is 8.42 Å². The van der Waals surface area contributed by atoms with Gasteiger partial charge in [-0.2, -0.15) is 4.31 Å². The average Bonchev–Trinajstić information content (AvgIpc) is 3.40. The van der Waals surface area contributed by atoms with Crippen molar-refractivity contribution < 1.29 is 17.6 Å². The predicted molar refractivity (Wildman–Crippen MR) is 116 cm³/mol. The molecule has 162 valence electrons. The zero-order valence-electron chi connectivity index (χ0n) is 17.0. The third-order valence-corrected chi connectivity index (χ3v) is 7.38. The van der Waals surface area contributed by atoms with E-state index < -0.39 is 22.0 Å². The summed E-state index contributed by atoms with van der Waals surface area (Å²) < 4.78 is 32.9. The minimum absolute atomic E-state index is 0.0725. The number of aryl methyl sites for hydroxylation is 2. The summed E-state index contributed by atoms with van der Waals surface area (Å²) in [4.78, 5) is 12.9. The highest BCUT2D eigenvalue weighted by Crippen LogP contribution is 2.29. The molecule has 2 heterocycles. The number of carbonyl (C=O) groups is 1. The van der Waals surface area contributed by atoms with Gasteiger partial charge in [0.2, 0.25) is 21.8 Å². The van der Waals surface area contributed by atoms with Gasteiger partial charge in [-0.15, -0.1) is 5.10 Å². The fraction of sp³-hybridized carbons (Fsp3) is 0.286. The highest BCUT2D eigenvalue weighted by molar-refractivity contribution is 7.89. The van der Waals surface area contributed by atoms with Gasteiger partial charge in [0.25, 0.3) is 0 Å². The molecule has 3 aromatic rings. The van der Waals surface area contributed by atoms with Crippen molar-refractivity contribution in [3.05, 3.63) is 58.6 Å². The molecule has 0 radical (unpaired) electrons. The van der Waals surface area contributed by atoms with Crippen molar-refractivity contribution in [1.82, 2.24) is 14.5 Å². The van der Waals surface area contributed by atoms with Crippen LogP contribution in [0.1, 0.15) is 24.0 Å². The van der Waals surface area contributed by atoms with Gasteiger partial charge in [0.05, 0.1) is 4.90 Å². The second kappa shape index (κ2) is 8.41. The van der Waals surface area contributed by atoms with E-state index in [1.54, 1.807) is 0 Å². The maximum atomic E-state index is 13.0. The van der Waals surface area contributed by atoms with Crippen LogP contribution < -0.4 is 5.32 Å². The lowest BCUT2D eigenvalue weighted by molar-refractivity contribution is -0.119. The van der Waals surface area contributed by atoms with Gasteiger partial charge >= 0.3 is 6.01 Å². The molecule has 1 unspecified atom stereocenters. The highest BCUT2D eigenvalue weighted by atomic mass is 35.5. The van der Waals surface area contributed by atoms with Crippen LogP contribution in [0.15, 0.2) is 51.8 Å². The van der Waals surface area contributed by atoms with Gasteiger partial charge < -0.3 is 4.42 Å². The van der Waals surface area contributed by atoms with Crippen LogP contribution in [0.25, 0.3) is 11.5 Å². The summed E-state index contributed by atoms with van der Waals surface area (Å²) in [6, 6.07) is 10.8. The van der Waals surface area contributed by atoms with Crippen LogP contribution in [-0.4, -0.2) is 41.4 Å². The standard InChI is InChI=1S/C21H21ClN4O4S/c1-13-5-6-14(2)17(12-13)20-24-25-21(30-20)23-19(27)18-4-3-11-26(18)31(28,29)16-9-7-15(22)8-10-16/h5-10,12,18H,3-4,11H2,1-2H3,(H,23,25,27). The Kier molecular flexibility index (Phi) is 5.83. The minimum atomic E-state index is -3.84. The van der Waals surface area contributed by atoms with Gasteiger partial charge in [-0.3, -0.25) is 10.1 Å². The second-order valence-electron chi connectivity index (χ2n) is 7.45. The van der Waals surface area contributed by atoms with E-state index in [2.05, 4.69) is 15.5 Å². The summed E-state index contributed by atoms with van der Waals surface area (Å²) in [6.07, 6.45) is 0.971. The van der Waals surface area contributed by atoms with Crippen molar-refractivity contribution in [2.75, 3.05) is 11.9 Å². The first-order chi connectivity index (χ1) is 14.8. The number of carbonyl (C=O) groups excluding carboxylic acids is 1. The molecular formula is C21H21ClN4O4S. The average molecular weight is 461 g/mol. The first kappa shape index (κ1) is 21.5. The summed E-state index contributed by atoms with van der Waals surface area (Å²) in [5, 5.41) is 10.9. The van der Waals surface area contributed by atoms with E-state index in [1.165, 1.54) is 28.6 Å². The van der Waals surface area contributed by atoms with Crippen molar-refractivity contribution in [1.29, 1.82) is 0 Å². The van der Waals surface area contributed by atoms with Crippen molar-refractivity contribution in [2.24, 2.45) is 0 Å². The lowest BCUT2D eigenvalue weighted by Crippen LogP contribution is -2.43. The number of rotatable bonds is 5. The summed E-state index contributed by atoms with van der Waals surface area (Å²) in [6.45, 7) is 4.13. The molecule has 0 bridgehead atoms. The molecule has 10 heteroatoms. The van der Waals surface area contributed by atoms with E-state index in [9.17, 15) is 13.2 Å². The van der Waals surface area contributed by atoms with Gasteiger partial charge in [-0.05, 0) is 62.6 Å². The van der Waals surface area contributed by atoms with Gasteiger partial charge in [-0.1, -0.05) is 34.4 Å². The van der Waals surface area contributed by atoms with Crippen molar-refractivity contribution >= 4 is 33.5 Å². The highest BCUT2D eigenvalue weighted by Gasteiger charge is 2.39. The molecule has 1 saturated heterocycles. The molecule has 0 aliphatic carbocycles. The van der Waals surface area contributed by atoms with E-state index in [0.717, 1.165) is 16.7 Å². The third-order valence-electron chi connectivity index (χ3n) is 5.21. The molecule has 2 aromatic carbocycles. The number of nitrogens with zero attached hydrogens (tertiary/aromatic N) is 3. The first-order valence-corrected chi connectivity index (χ1v) is 11.6. The number of sulfonamides is 1. The first-order valence-electron chi connectivity index (χ1n) is 9.75. The molecule has 4 rings (SSSR count). The SMILES string of the molecule is Cc1ccc(C)c(-c2nnc(NC(=O)C3CCCN3S(=O)(=O)c3ccc(Cl)cc3)o2)c1. The second-order valence-corrected chi connectivity index (χ2v) is 9.77. The Morgan fingerprint density at radius 2 is 1.90 bits per heavy atom. The van der Waals surface area contributed by atoms with Crippen LogP contribution in [0.4, 0.5) is 6.01 Å². The fourth-order valence-corrected chi connectivity index (χ4v) is 5.35. The Balaban J connectivity index is 1.53. The fourth-order valence-electron chi connectivity index (χ4n) is 3.57. The molecule has 1 N–H and O–H groups in total. The van der Waals surface area contributed by atoms with Crippen LogP contribution in [0.2, 0.25) is 5.02 Å². The maximum absolute atomic E-state index is 13.0. The maximum Gasteiger partial charge on any atom is 0.322 e. The molecule has 1 fully saturated rings. The van der Waals surface area contributed by atoms with Crippen LogP contribution in [-0.2, 0) is 14.8 Å². The molecule has 1 aliphatic rings. The third kappa shape index (κ3) is 4.34. The molecular weight excluding hydrogens is 440 g/mol. The predicted octanol–water partition coefficient (Wildman–Crippen LogP) is 3.80. The zero-order chi connectivity index (χ0) is 22.2. The summed E-state index contributed by atoms with van der Waals surface area (Å²) in [5.41, 5.74) is 2.78. The Labute approximate surface area is 185 Å². The monoisotopic (exact) mass is 460 g/mol. The molecule has 1 aliphatic heterocycles. The molecule has 1 aromatic heterocycles. The van der Waals surface area contributed by atoms with E-state index in [-0.39, 0.29) is 23.3 Å². The van der Waals surface area contributed by atoms with Crippen LogP contribution in [0.5, 0.6) is 0 Å². The number of benzene rings is 2. The van der Waals surface area contributed by atoms with Gasteiger partial charge in [0.1, 0.15) is 6.04 Å². The van der Waals surface area contributed by atoms with E-state index >= 15 is 0 Å². The molecule has 8 nitrogen and oxygen atoms in total. The Morgan fingerprint density at radius 3 is 2.65 bits per heavy atom. The Hall–Kier alpha value is -2.75. The molecule has 0 saturated carbocycles. The van der Waals surface area contributed by atoms with Crippen LogP contribution >= 0.6 is 11.6 Å². The number of halogens is 1. The topological polar surface area (TPSA) is 105 Å².